The maximum absolute atomic E-state index is 9.34. The van der Waals surface area contributed by atoms with Gasteiger partial charge >= 0.3 is 0 Å². The van der Waals surface area contributed by atoms with Gasteiger partial charge in [-0.25, -0.2) is 4.98 Å². The molecule has 0 N–H and O–H groups in total. The van der Waals surface area contributed by atoms with Gasteiger partial charge < -0.3 is 9.30 Å². The molecule has 0 aliphatic rings. The maximum Gasteiger partial charge on any atom is 0.137 e. The standard InChI is InChI=1S/C23H21N3O/c1-17(2)27-23-9-6-19(13-22(23)14-24)4-7-21-8-5-20(12-18(21)3)15-26-11-10-25-16-26/h5-6,8-13,16-17H,15H2,1-3H3. The third-order valence-corrected chi connectivity index (χ3v) is 4.02. The van der Waals surface area contributed by atoms with Crippen molar-refractivity contribution in [3.8, 4) is 23.7 Å². The lowest BCUT2D eigenvalue weighted by molar-refractivity contribution is 0.241. The van der Waals surface area contributed by atoms with Crippen molar-refractivity contribution in [1.82, 2.24) is 9.55 Å². The number of aromatic nitrogens is 2. The molecule has 3 rings (SSSR count). The summed E-state index contributed by atoms with van der Waals surface area (Å²) in [4.78, 5) is 4.07. The van der Waals surface area contributed by atoms with Crippen molar-refractivity contribution in [2.24, 2.45) is 0 Å². The Morgan fingerprint density at radius 2 is 1.96 bits per heavy atom. The molecule has 1 aromatic heterocycles. The fourth-order valence-corrected chi connectivity index (χ4v) is 2.75. The Balaban J connectivity index is 1.80. The maximum atomic E-state index is 9.34. The predicted octanol–water partition coefficient (Wildman–Crippen LogP) is 4.30. The third-order valence-electron chi connectivity index (χ3n) is 4.02. The van der Waals surface area contributed by atoms with Gasteiger partial charge in [-0.1, -0.05) is 24.0 Å². The van der Waals surface area contributed by atoms with Gasteiger partial charge in [0.15, 0.2) is 0 Å². The van der Waals surface area contributed by atoms with Crippen LogP contribution in [0.2, 0.25) is 0 Å². The number of imidazole rings is 1. The first-order valence-corrected chi connectivity index (χ1v) is 8.83. The van der Waals surface area contributed by atoms with E-state index >= 15 is 0 Å². The average molecular weight is 355 g/mol. The molecule has 3 aromatic rings. The molecule has 2 aromatic carbocycles. The first-order valence-electron chi connectivity index (χ1n) is 8.83. The van der Waals surface area contributed by atoms with Crippen molar-refractivity contribution >= 4 is 0 Å². The van der Waals surface area contributed by atoms with Crippen LogP contribution in [-0.4, -0.2) is 15.7 Å². The van der Waals surface area contributed by atoms with E-state index in [2.05, 4.69) is 42.0 Å². The van der Waals surface area contributed by atoms with Gasteiger partial charge in [0.2, 0.25) is 0 Å². The second-order valence-electron chi connectivity index (χ2n) is 6.62. The Bertz CT molecular complexity index is 1030. The molecule has 4 heteroatoms. The number of ether oxygens (including phenoxy) is 1. The van der Waals surface area contributed by atoms with Crippen LogP contribution in [-0.2, 0) is 6.54 Å². The van der Waals surface area contributed by atoms with E-state index < -0.39 is 0 Å². The number of hydrogen-bond donors (Lipinski definition) is 0. The molecule has 0 saturated carbocycles. The highest BCUT2D eigenvalue weighted by Gasteiger charge is 2.06. The zero-order valence-corrected chi connectivity index (χ0v) is 15.7. The van der Waals surface area contributed by atoms with Gasteiger partial charge in [0.25, 0.3) is 0 Å². The normalized spacial score (nSPS) is 10.2. The van der Waals surface area contributed by atoms with Gasteiger partial charge in [-0.15, -0.1) is 0 Å². The van der Waals surface area contributed by atoms with Gasteiger partial charge in [0.05, 0.1) is 18.0 Å². The van der Waals surface area contributed by atoms with Crippen molar-refractivity contribution < 1.29 is 4.74 Å². The SMILES string of the molecule is Cc1cc(Cn2ccnc2)ccc1C#Cc1ccc(OC(C)C)c(C#N)c1. The Morgan fingerprint density at radius 1 is 1.11 bits per heavy atom. The second-order valence-corrected chi connectivity index (χ2v) is 6.62. The summed E-state index contributed by atoms with van der Waals surface area (Å²) in [6.45, 7) is 6.72. The summed E-state index contributed by atoms with van der Waals surface area (Å²) in [5, 5.41) is 9.34. The van der Waals surface area contributed by atoms with Gasteiger partial charge in [0.1, 0.15) is 11.8 Å². The van der Waals surface area contributed by atoms with Gasteiger partial charge in [0, 0.05) is 30.1 Å². The Hall–Kier alpha value is -3.50. The van der Waals surface area contributed by atoms with Crippen molar-refractivity contribution in [1.29, 1.82) is 5.26 Å². The lowest BCUT2D eigenvalue weighted by atomic mass is 10.0. The molecule has 0 fully saturated rings. The number of nitrogens with zero attached hydrogens (tertiary/aromatic N) is 3. The number of nitriles is 1. The lowest BCUT2D eigenvalue weighted by Gasteiger charge is -2.10. The van der Waals surface area contributed by atoms with E-state index in [9.17, 15) is 5.26 Å². The van der Waals surface area contributed by atoms with Crippen molar-refractivity contribution in [2.75, 3.05) is 0 Å². The van der Waals surface area contributed by atoms with Crippen LogP contribution in [0.4, 0.5) is 0 Å². The molecule has 0 unspecified atom stereocenters. The number of hydrogen-bond acceptors (Lipinski definition) is 3. The van der Waals surface area contributed by atoms with Crippen molar-refractivity contribution in [3.63, 3.8) is 0 Å². The molecule has 4 nitrogen and oxygen atoms in total. The molecule has 0 atom stereocenters. The fourth-order valence-electron chi connectivity index (χ4n) is 2.75. The van der Waals surface area contributed by atoms with Gasteiger partial charge in [-0.2, -0.15) is 5.26 Å². The number of rotatable bonds is 4. The predicted molar refractivity (Wildman–Crippen MR) is 105 cm³/mol. The highest BCUT2D eigenvalue weighted by Crippen LogP contribution is 2.20. The van der Waals surface area contributed by atoms with Crippen LogP contribution in [0.5, 0.6) is 5.75 Å². The minimum absolute atomic E-state index is 0.0255. The smallest absolute Gasteiger partial charge is 0.137 e. The van der Waals surface area contributed by atoms with Crippen LogP contribution in [0.25, 0.3) is 0 Å². The van der Waals surface area contributed by atoms with E-state index in [4.69, 9.17) is 4.74 Å². The highest BCUT2D eigenvalue weighted by atomic mass is 16.5. The molecule has 27 heavy (non-hydrogen) atoms. The second kappa shape index (κ2) is 8.25. The van der Waals surface area contributed by atoms with Crippen molar-refractivity contribution in [3.05, 3.63) is 82.9 Å². The van der Waals surface area contributed by atoms with Crippen LogP contribution < -0.4 is 4.74 Å². The van der Waals surface area contributed by atoms with Crippen LogP contribution >= 0.6 is 0 Å². The molecule has 1 heterocycles. The highest BCUT2D eigenvalue weighted by molar-refractivity contribution is 5.52. The Kier molecular flexibility index (Phi) is 5.59. The van der Waals surface area contributed by atoms with Crippen molar-refractivity contribution in [2.45, 2.75) is 33.4 Å². The third kappa shape index (κ3) is 4.77. The molecule has 0 radical (unpaired) electrons. The average Bonchev–Trinajstić information content (AvgIpc) is 3.14. The minimum Gasteiger partial charge on any atom is -0.490 e. The summed E-state index contributed by atoms with van der Waals surface area (Å²) in [6.07, 6.45) is 5.56. The fraction of sp³-hybridized carbons (Fsp3) is 0.217. The van der Waals surface area contributed by atoms with E-state index in [-0.39, 0.29) is 6.10 Å². The van der Waals surface area contributed by atoms with Gasteiger partial charge in [-0.05, 0) is 56.2 Å². The Labute approximate surface area is 160 Å². The summed E-state index contributed by atoms with van der Waals surface area (Å²) < 4.78 is 7.68. The van der Waals surface area contributed by atoms with Crippen LogP contribution in [0.15, 0.2) is 55.1 Å². The van der Waals surface area contributed by atoms with E-state index in [0.717, 1.165) is 23.2 Å². The largest absolute Gasteiger partial charge is 0.490 e. The minimum atomic E-state index is 0.0255. The molecule has 0 amide bonds. The molecule has 0 aliphatic heterocycles. The quantitative estimate of drug-likeness (QED) is 0.656. The Morgan fingerprint density at radius 3 is 2.63 bits per heavy atom. The molecular weight excluding hydrogens is 334 g/mol. The van der Waals surface area contributed by atoms with Crippen LogP contribution in [0, 0.1) is 30.1 Å². The van der Waals surface area contributed by atoms with E-state index in [1.165, 1.54) is 5.56 Å². The summed E-state index contributed by atoms with van der Waals surface area (Å²) in [7, 11) is 0. The molecule has 0 spiro atoms. The number of benzene rings is 2. The van der Waals surface area contributed by atoms with E-state index in [1.54, 1.807) is 12.3 Å². The first kappa shape index (κ1) is 18.3. The molecule has 0 bridgehead atoms. The zero-order chi connectivity index (χ0) is 19.2. The molecular formula is C23H21N3O. The van der Waals surface area contributed by atoms with Gasteiger partial charge in [-0.3, -0.25) is 0 Å². The topological polar surface area (TPSA) is 50.8 Å². The van der Waals surface area contributed by atoms with E-state index in [0.29, 0.717) is 11.3 Å². The summed E-state index contributed by atoms with van der Waals surface area (Å²) >= 11 is 0. The summed E-state index contributed by atoms with van der Waals surface area (Å²) in [5.41, 5.74) is 4.61. The lowest BCUT2D eigenvalue weighted by Crippen LogP contribution is -2.06. The molecule has 0 saturated heterocycles. The van der Waals surface area contributed by atoms with Crippen LogP contribution in [0.3, 0.4) is 0 Å². The van der Waals surface area contributed by atoms with Crippen LogP contribution in [0.1, 0.15) is 41.7 Å². The first-order chi connectivity index (χ1) is 13.0. The zero-order valence-electron chi connectivity index (χ0n) is 15.7. The molecule has 134 valence electrons. The monoisotopic (exact) mass is 355 g/mol. The molecule has 0 aliphatic carbocycles. The van der Waals surface area contributed by atoms with E-state index in [1.807, 2.05) is 49.1 Å². The summed E-state index contributed by atoms with van der Waals surface area (Å²) in [6, 6.07) is 13.9. The summed E-state index contributed by atoms with van der Waals surface area (Å²) in [5.74, 6) is 6.95. The number of aryl methyl sites for hydroxylation is 1.